The molecule has 0 amide bonds. The maximum atomic E-state index is 14.0. The minimum Gasteiger partial charge on any atom is -0.310 e. The molecule has 2 aromatic carbocycles. The molecule has 1 nitrogen and oxygen atoms in total. The van der Waals surface area contributed by atoms with Gasteiger partial charge < -0.3 is 5.32 Å². The van der Waals surface area contributed by atoms with Crippen LogP contribution in [0.1, 0.15) is 31.9 Å². The van der Waals surface area contributed by atoms with Crippen LogP contribution in [-0.2, 0) is 0 Å². The largest absolute Gasteiger partial charge is 0.310 e. The summed E-state index contributed by atoms with van der Waals surface area (Å²) in [5, 5.41) is 3.39. The molecule has 2 aromatic rings. The molecule has 0 aliphatic rings. The molecule has 0 aromatic heterocycles. The molecule has 2 rings (SSSR count). The summed E-state index contributed by atoms with van der Waals surface area (Å²) in [4.78, 5) is 0. The minimum atomic E-state index is -0.555. The maximum absolute atomic E-state index is 14.0. The highest BCUT2D eigenvalue weighted by Crippen LogP contribution is 2.30. The van der Waals surface area contributed by atoms with Crippen molar-refractivity contribution in [3.63, 3.8) is 0 Å². The molecule has 1 unspecified atom stereocenters. The molecule has 0 radical (unpaired) electrons. The summed E-state index contributed by atoms with van der Waals surface area (Å²) in [6.45, 7) is 5.06. The first kappa shape index (κ1) is 14.7. The maximum Gasteiger partial charge on any atom is 0.133 e. The summed E-state index contributed by atoms with van der Waals surface area (Å²) < 4.78 is 27.0. The number of benzene rings is 2. The van der Waals surface area contributed by atoms with E-state index >= 15 is 0 Å². The zero-order valence-corrected chi connectivity index (χ0v) is 11.8. The SMILES string of the molecule is CCCNC(C)c1ccccc1-c1ccc(F)cc1F. The quantitative estimate of drug-likeness (QED) is 0.834. The van der Waals surface area contributed by atoms with Crippen LogP contribution in [0.5, 0.6) is 0 Å². The average molecular weight is 275 g/mol. The van der Waals surface area contributed by atoms with Gasteiger partial charge in [-0.3, -0.25) is 0 Å². The first-order valence-corrected chi connectivity index (χ1v) is 6.91. The van der Waals surface area contributed by atoms with E-state index in [0.717, 1.165) is 30.2 Å². The number of nitrogens with one attached hydrogen (secondary N) is 1. The van der Waals surface area contributed by atoms with Crippen LogP contribution in [0, 0.1) is 11.6 Å². The van der Waals surface area contributed by atoms with Gasteiger partial charge in [0.25, 0.3) is 0 Å². The molecule has 0 bridgehead atoms. The fourth-order valence-corrected chi connectivity index (χ4v) is 2.30. The van der Waals surface area contributed by atoms with Gasteiger partial charge in [-0.25, -0.2) is 8.78 Å². The van der Waals surface area contributed by atoms with E-state index in [4.69, 9.17) is 0 Å². The van der Waals surface area contributed by atoms with Crippen molar-refractivity contribution in [3.05, 3.63) is 59.7 Å². The smallest absolute Gasteiger partial charge is 0.133 e. The zero-order valence-electron chi connectivity index (χ0n) is 11.8. The van der Waals surface area contributed by atoms with E-state index in [1.165, 1.54) is 12.1 Å². The van der Waals surface area contributed by atoms with E-state index in [0.29, 0.717) is 5.56 Å². The Labute approximate surface area is 118 Å². The highest BCUT2D eigenvalue weighted by molar-refractivity contribution is 5.68. The highest BCUT2D eigenvalue weighted by Gasteiger charge is 2.14. The van der Waals surface area contributed by atoms with Gasteiger partial charge in [-0.1, -0.05) is 31.2 Å². The van der Waals surface area contributed by atoms with Gasteiger partial charge in [0.2, 0.25) is 0 Å². The number of rotatable bonds is 5. The third-order valence-corrected chi connectivity index (χ3v) is 3.35. The topological polar surface area (TPSA) is 12.0 Å². The Morgan fingerprint density at radius 3 is 2.50 bits per heavy atom. The molecule has 0 saturated heterocycles. The second-order valence-electron chi connectivity index (χ2n) is 4.89. The van der Waals surface area contributed by atoms with Crippen molar-refractivity contribution in [1.29, 1.82) is 0 Å². The predicted octanol–water partition coefficient (Wildman–Crippen LogP) is 4.69. The highest BCUT2D eigenvalue weighted by atomic mass is 19.1. The van der Waals surface area contributed by atoms with E-state index in [1.807, 2.05) is 24.3 Å². The van der Waals surface area contributed by atoms with E-state index in [1.54, 1.807) is 0 Å². The molecule has 0 saturated carbocycles. The van der Waals surface area contributed by atoms with E-state index in [-0.39, 0.29) is 6.04 Å². The third-order valence-electron chi connectivity index (χ3n) is 3.35. The van der Waals surface area contributed by atoms with E-state index in [2.05, 4.69) is 19.2 Å². The van der Waals surface area contributed by atoms with Gasteiger partial charge >= 0.3 is 0 Å². The van der Waals surface area contributed by atoms with E-state index < -0.39 is 11.6 Å². The lowest BCUT2D eigenvalue weighted by Crippen LogP contribution is -2.19. The van der Waals surface area contributed by atoms with Crippen molar-refractivity contribution in [2.24, 2.45) is 0 Å². The van der Waals surface area contributed by atoms with Crippen molar-refractivity contribution in [1.82, 2.24) is 5.32 Å². The van der Waals surface area contributed by atoms with Gasteiger partial charge in [0.15, 0.2) is 0 Å². The summed E-state index contributed by atoms with van der Waals surface area (Å²) in [7, 11) is 0. The second kappa shape index (κ2) is 6.62. The van der Waals surface area contributed by atoms with Crippen molar-refractivity contribution in [3.8, 4) is 11.1 Å². The molecule has 0 spiro atoms. The lowest BCUT2D eigenvalue weighted by molar-refractivity contribution is 0.569. The lowest BCUT2D eigenvalue weighted by Gasteiger charge is -2.18. The van der Waals surface area contributed by atoms with Crippen LogP contribution in [0.4, 0.5) is 8.78 Å². The number of hydrogen-bond acceptors (Lipinski definition) is 1. The molecule has 106 valence electrons. The van der Waals surface area contributed by atoms with Gasteiger partial charge in [-0.05, 0) is 43.1 Å². The fraction of sp³-hybridized carbons (Fsp3) is 0.294. The van der Waals surface area contributed by atoms with Crippen LogP contribution >= 0.6 is 0 Å². The van der Waals surface area contributed by atoms with Gasteiger partial charge in [-0.2, -0.15) is 0 Å². The minimum absolute atomic E-state index is 0.121. The molecule has 0 fully saturated rings. The van der Waals surface area contributed by atoms with Crippen molar-refractivity contribution >= 4 is 0 Å². The molecule has 1 N–H and O–H groups in total. The Morgan fingerprint density at radius 1 is 1.05 bits per heavy atom. The van der Waals surface area contributed by atoms with Gasteiger partial charge in [0, 0.05) is 17.7 Å². The summed E-state index contributed by atoms with van der Waals surface area (Å²) in [6, 6.07) is 11.5. The third kappa shape index (κ3) is 3.23. The van der Waals surface area contributed by atoms with Crippen LogP contribution in [0.15, 0.2) is 42.5 Å². The molecular weight excluding hydrogens is 256 g/mol. The molecular formula is C17H19F2N. The van der Waals surface area contributed by atoms with Crippen molar-refractivity contribution in [2.75, 3.05) is 6.54 Å². The number of hydrogen-bond donors (Lipinski definition) is 1. The Morgan fingerprint density at radius 2 is 1.80 bits per heavy atom. The van der Waals surface area contributed by atoms with Crippen LogP contribution in [0.3, 0.4) is 0 Å². The van der Waals surface area contributed by atoms with Crippen molar-refractivity contribution in [2.45, 2.75) is 26.3 Å². The Balaban J connectivity index is 2.41. The van der Waals surface area contributed by atoms with Crippen LogP contribution in [0.2, 0.25) is 0 Å². The molecule has 0 aliphatic heterocycles. The molecule has 0 heterocycles. The standard InChI is InChI=1S/C17H19F2N/c1-3-10-20-12(2)14-6-4-5-7-15(14)16-9-8-13(18)11-17(16)19/h4-9,11-12,20H,3,10H2,1-2H3. The summed E-state index contributed by atoms with van der Waals surface area (Å²) in [5.41, 5.74) is 2.26. The first-order valence-electron chi connectivity index (χ1n) is 6.91. The Hall–Kier alpha value is -1.74. The Bertz CT molecular complexity index is 581. The zero-order chi connectivity index (χ0) is 14.5. The molecule has 1 atom stereocenters. The molecule has 3 heteroatoms. The van der Waals surface area contributed by atoms with Crippen LogP contribution in [0.25, 0.3) is 11.1 Å². The second-order valence-corrected chi connectivity index (χ2v) is 4.89. The summed E-state index contributed by atoms with van der Waals surface area (Å²) in [6.07, 6.45) is 1.04. The monoisotopic (exact) mass is 275 g/mol. The van der Waals surface area contributed by atoms with Gasteiger partial charge in [-0.15, -0.1) is 0 Å². The first-order chi connectivity index (χ1) is 9.63. The number of halogens is 2. The van der Waals surface area contributed by atoms with Crippen molar-refractivity contribution < 1.29 is 8.78 Å². The molecule has 0 aliphatic carbocycles. The summed E-state index contributed by atoms with van der Waals surface area (Å²) >= 11 is 0. The van der Waals surface area contributed by atoms with E-state index in [9.17, 15) is 8.78 Å². The van der Waals surface area contributed by atoms with Crippen LogP contribution in [-0.4, -0.2) is 6.54 Å². The molecule has 20 heavy (non-hydrogen) atoms. The lowest BCUT2D eigenvalue weighted by atomic mass is 9.95. The van der Waals surface area contributed by atoms with Gasteiger partial charge in [0.1, 0.15) is 11.6 Å². The predicted molar refractivity (Wildman–Crippen MR) is 78.5 cm³/mol. The fourth-order valence-electron chi connectivity index (χ4n) is 2.30. The Kier molecular flexibility index (Phi) is 4.85. The van der Waals surface area contributed by atoms with Crippen LogP contribution < -0.4 is 5.32 Å². The summed E-state index contributed by atoms with van der Waals surface area (Å²) in [5.74, 6) is -1.08. The van der Waals surface area contributed by atoms with Gasteiger partial charge in [0.05, 0.1) is 0 Å². The normalized spacial score (nSPS) is 12.4. The average Bonchev–Trinajstić information content (AvgIpc) is 2.45.